The fraction of sp³-hybridized carbons (Fsp3) is 0.500. The van der Waals surface area contributed by atoms with E-state index < -0.39 is 16.4 Å². The Morgan fingerprint density at radius 1 is 1.65 bits per heavy atom. The number of aliphatic hydroxyl groups is 1. The maximum atomic E-state index is 12.2. The number of carbonyl (C=O) groups is 1. The number of rotatable bonds is 4. The highest BCUT2D eigenvalue weighted by Crippen LogP contribution is 2.30. The van der Waals surface area contributed by atoms with Crippen molar-refractivity contribution in [3.63, 3.8) is 0 Å². The van der Waals surface area contributed by atoms with Gasteiger partial charge in [-0.1, -0.05) is 24.9 Å². The second-order valence-corrected chi connectivity index (χ2v) is 5.30. The first-order valence-electron chi connectivity index (χ1n) is 6.18. The Morgan fingerprint density at radius 2 is 2.30 bits per heavy atom. The van der Waals surface area contributed by atoms with Gasteiger partial charge >= 0.3 is 0 Å². The van der Waals surface area contributed by atoms with Gasteiger partial charge in [0.1, 0.15) is 16.9 Å². The van der Waals surface area contributed by atoms with Crippen molar-refractivity contribution in [1.82, 2.24) is 9.88 Å². The summed E-state index contributed by atoms with van der Waals surface area (Å²) >= 11 is 5.68. The average Bonchev–Trinajstić information content (AvgIpc) is 2.34. The van der Waals surface area contributed by atoms with Gasteiger partial charge in [0.25, 0.3) is 11.6 Å². The van der Waals surface area contributed by atoms with Crippen LogP contribution in [0.1, 0.15) is 30.1 Å². The van der Waals surface area contributed by atoms with Crippen LogP contribution in [0, 0.1) is 10.1 Å². The van der Waals surface area contributed by atoms with Crippen molar-refractivity contribution in [3.8, 4) is 0 Å². The molecule has 7 nitrogen and oxygen atoms in total. The lowest BCUT2D eigenvalue weighted by atomic mass is 9.88. The molecule has 0 spiro atoms. The van der Waals surface area contributed by atoms with Gasteiger partial charge in [-0.3, -0.25) is 14.9 Å². The van der Waals surface area contributed by atoms with Crippen LogP contribution < -0.4 is 0 Å². The number of nitro groups is 1. The van der Waals surface area contributed by atoms with Gasteiger partial charge in [-0.05, 0) is 12.5 Å². The number of pyridine rings is 1. The van der Waals surface area contributed by atoms with Crippen LogP contribution in [0.2, 0.25) is 5.15 Å². The second-order valence-electron chi connectivity index (χ2n) is 4.92. The minimum atomic E-state index is -0.879. The molecule has 2 rings (SSSR count). The number of hydrogen-bond donors (Lipinski definition) is 1. The first kappa shape index (κ1) is 14.7. The largest absolute Gasteiger partial charge is 0.386 e. The van der Waals surface area contributed by atoms with Crippen molar-refractivity contribution >= 4 is 23.2 Å². The molecule has 1 aliphatic rings. The van der Waals surface area contributed by atoms with E-state index >= 15 is 0 Å². The molecule has 0 radical (unpaired) electrons. The maximum Gasteiger partial charge on any atom is 0.300 e. The van der Waals surface area contributed by atoms with Crippen LogP contribution in [0.25, 0.3) is 0 Å². The first-order valence-corrected chi connectivity index (χ1v) is 6.56. The van der Waals surface area contributed by atoms with Gasteiger partial charge in [0.2, 0.25) is 0 Å². The third-order valence-corrected chi connectivity index (χ3v) is 3.46. The molecule has 8 heteroatoms. The van der Waals surface area contributed by atoms with Gasteiger partial charge in [-0.25, -0.2) is 4.98 Å². The van der Waals surface area contributed by atoms with Crippen molar-refractivity contribution in [1.29, 1.82) is 0 Å². The molecule has 1 aromatic heterocycles. The lowest BCUT2D eigenvalue weighted by Gasteiger charge is -2.46. The van der Waals surface area contributed by atoms with Crippen molar-refractivity contribution in [2.75, 3.05) is 13.1 Å². The molecule has 0 saturated carbocycles. The van der Waals surface area contributed by atoms with Crippen LogP contribution in [0.5, 0.6) is 0 Å². The van der Waals surface area contributed by atoms with Crippen LogP contribution >= 0.6 is 11.6 Å². The second kappa shape index (κ2) is 5.34. The summed E-state index contributed by atoms with van der Waals surface area (Å²) in [5.41, 5.74) is -1.37. The molecule has 0 unspecified atom stereocenters. The van der Waals surface area contributed by atoms with E-state index in [1.54, 1.807) is 0 Å². The van der Waals surface area contributed by atoms with Gasteiger partial charge in [0, 0.05) is 0 Å². The molecule has 108 valence electrons. The zero-order valence-corrected chi connectivity index (χ0v) is 11.6. The predicted molar refractivity (Wildman–Crippen MR) is 71.7 cm³/mol. The van der Waals surface area contributed by atoms with Crippen LogP contribution in [0.3, 0.4) is 0 Å². The molecular weight excluding hydrogens is 286 g/mol. The number of aromatic nitrogens is 1. The van der Waals surface area contributed by atoms with Crippen LogP contribution in [0.4, 0.5) is 5.69 Å². The predicted octanol–water partition coefficient (Wildman–Crippen LogP) is 1.63. The van der Waals surface area contributed by atoms with Gasteiger partial charge in [0.05, 0.1) is 23.6 Å². The summed E-state index contributed by atoms with van der Waals surface area (Å²) in [6.45, 7) is 2.30. The van der Waals surface area contributed by atoms with E-state index in [1.165, 1.54) is 11.0 Å². The molecule has 1 aliphatic heterocycles. The molecule has 1 amide bonds. The minimum Gasteiger partial charge on any atom is -0.386 e. The standard InChI is InChI=1S/C12H14ClN3O4/c1-2-3-12(18)6-15(7-12)11(17)8-4-10(13)14-5-9(8)16(19)20/h4-5,18H,2-3,6-7H2,1H3. The monoisotopic (exact) mass is 299 g/mol. The highest BCUT2D eigenvalue weighted by Gasteiger charge is 2.44. The number of hydrogen-bond acceptors (Lipinski definition) is 5. The van der Waals surface area contributed by atoms with E-state index in [1.807, 2.05) is 6.92 Å². The number of halogens is 1. The quantitative estimate of drug-likeness (QED) is 0.518. The van der Waals surface area contributed by atoms with Crippen molar-refractivity contribution in [2.24, 2.45) is 0 Å². The van der Waals surface area contributed by atoms with E-state index in [0.29, 0.717) is 6.42 Å². The summed E-state index contributed by atoms with van der Waals surface area (Å²) in [5, 5.41) is 21.0. The molecule has 1 fully saturated rings. The molecule has 0 bridgehead atoms. The smallest absolute Gasteiger partial charge is 0.300 e. The lowest BCUT2D eigenvalue weighted by molar-refractivity contribution is -0.385. The number of amides is 1. The topological polar surface area (TPSA) is 96.6 Å². The fourth-order valence-electron chi connectivity index (χ4n) is 2.34. The van der Waals surface area contributed by atoms with E-state index in [4.69, 9.17) is 11.6 Å². The van der Waals surface area contributed by atoms with Crippen molar-refractivity contribution < 1.29 is 14.8 Å². The number of carbonyl (C=O) groups excluding carboxylic acids is 1. The maximum absolute atomic E-state index is 12.2. The van der Waals surface area contributed by atoms with Crippen LogP contribution in [-0.2, 0) is 0 Å². The third kappa shape index (κ3) is 2.73. The van der Waals surface area contributed by atoms with Crippen LogP contribution in [0.15, 0.2) is 12.3 Å². The Kier molecular flexibility index (Phi) is 3.92. The molecule has 0 aromatic carbocycles. The Hall–Kier alpha value is -1.73. The average molecular weight is 300 g/mol. The number of β-amino-alcohol motifs (C(OH)–C–C–N with tert-alkyl or cyclic N) is 1. The highest BCUT2D eigenvalue weighted by atomic mass is 35.5. The van der Waals surface area contributed by atoms with Gasteiger partial charge in [-0.15, -0.1) is 0 Å². The summed E-state index contributed by atoms with van der Waals surface area (Å²) in [5.74, 6) is -0.512. The zero-order valence-electron chi connectivity index (χ0n) is 10.9. The number of likely N-dealkylation sites (tertiary alicyclic amines) is 1. The Balaban J connectivity index is 2.19. The van der Waals surface area contributed by atoms with E-state index in [-0.39, 0.29) is 29.5 Å². The molecule has 0 aliphatic carbocycles. The molecule has 20 heavy (non-hydrogen) atoms. The summed E-state index contributed by atoms with van der Waals surface area (Å²) < 4.78 is 0. The molecule has 1 N–H and O–H groups in total. The van der Waals surface area contributed by atoms with Gasteiger partial charge < -0.3 is 10.0 Å². The summed E-state index contributed by atoms with van der Waals surface area (Å²) in [6.07, 6.45) is 2.36. The first-order chi connectivity index (χ1) is 9.36. The Morgan fingerprint density at radius 3 is 2.85 bits per heavy atom. The Bertz CT molecular complexity index is 558. The van der Waals surface area contributed by atoms with E-state index in [2.05, 4.69) is 4.98 Å². The van der Waals surface area contributed by atoms with Crippen molar-refractivity contribution in [3.05, 3.63) is 33.1 Å². The molecule has 1 aromatic rings. The molecule has 1 saturated heterocycles. The normalized spacial score (nSPS) is 16.6. The highest BCUT2D eigenvalue weighted by molar-refractivity contribution is 6.29. The third-order valence-electron chi connectivity index (χ3n) is 3.25. The summed E-state index contributed by atoms with van der Waals surface area (Å²) in [4.78, 5) is 27.4. The summed E-state index contributed by atoms with van der Waals surface area (Å²) in [6, 6.07) is 1.18. The fourth-order valence-corrected chi connectivity index (χ4v) is 2.50. The molecular formula is C12H14ClN3O4. The lowest BCUT2D eigenvalue weighted by Crippen LogP contribution is -2.63. The Labute approximate surface area is 120 Å². The van der Waals surface area contributed by atoms with Crippen molar-refractivity contribution in [2.45, 2.75) is 25.4 Å². The molecule has 0 atom stereocenters. The van der Waals surface area contributed by atoms with Gasteiger partial charge in [-0.2, -0.15) is 0 Å². The zero-order chi connectivity index (χ0) is 14.9. The SMILES string of the molecule is CCCC1(O)CN(C(=O)c2cc(Cl)ncc2[N+](=O)[O-])C1. The van der Waals surface area contributed by atoms with E-state index in [9.17, 15) is 20.0 Å². The number of nitrogens with zero attached hydrogens (tertiary/aromatic N) is 3. The van der Waals surface area contributed by atoms with Crippen LogP contribution in [-0.4, -0.2) is 44.5 Å². The summed E-state index contributed by atoms with van der Waals surface area (Å²) in [7, 11) is 0. The molecule has 2 heterocycles. The van der Waals surface area contributed by atoms with E-state index in [0.717, 1.165) is 12.6 Å². The van der Waals surface area contributed by atoms with Gasteiger partial charge in [0.15, 0.2) is 0 Å². The minimum absolute atomic E-state index is 0.0169.